The Morgan fingerprint density at radius 3 is 2.10 bits per heavy atom. The lowest BCUT2D eigenvalue weighted by atomic mass is 9.60. The van der Waals surface area contributed by atoms with E-state index in [4.69, 9.17) is 18.9 Å². The van der Waals surface area contributed by atoms with Crippen LogP contribution in [0.1, 0.15) is 153 Å². The molecular weight excluding hydrogens is 901 g/mol. The van der Waals surface area contributed by atoms with Crippen molar-refractivity contribution in [3.8, 4) is 0 Å². The second-order valence-corrected chi connectivity index (χ2v) is 22.6. The van der Waals surface area contributed by atoms with Crippen LogP contribution in [0.2, 0.25) is 0 Å². The van der Waals surface area contributed by atoms with E-state index >= 15 is 0 Å². The molecule has 0 amide bonds. The van der Waals surface area contributed by atoms with Crippen LogP contribution in [0, 0.1) is 53.3 Å². The highest BCUT2D eigenvalue weighted by Gasteiger charge is 2.56. The summed E-state index contributed by atoms with van der Waals surface area (Å²) in [5.41, 5.74) is -2.95. The molecule has 15 heteroatoms. The Balaban J connectivity index is 1.77. The van der Waals surface area contributed by atoms with Crippen LogP contribution in [0.4, 0.5) is 0 Å². The highest BCUT2D eigenvalue weighted by molar-refractivity contribution is 5.82. The molecule has 2 bridgehead atoms. The zero-order valence-electron chi connectivity index (χ0n) is 44.2. The van der Waals surface area contributed by atoms with Gasteiger partial charge in [-0.2, -0.15) is 0 Å². The van der Waals surface area contributed by atoms with Gasteiger partial charge in [0.1, 0.15) is 36.1 Å². The van der Waals surface area contributed by atoms with E-state index in [1.807, 2.05) is 31.2 Å². The first-order valence-electron chi connectivity index (χ1n) is 26.9. The zero-order chi connectivity index (χ0) is 52.4. The fourth-order valence-corrected chi connectivity index (χ4v) is 12.2. The molecule has 0 aromatic rings. The maximum atomic E-state index is 14.0. The van der Waals surface area contributed by atoms with Gasteiger partial charge in [-0.3, -0.25) is 0 Å². The lowest BCUT2D eigenvalue weighted by Crippen LogP contribution is -2.63. The molecule has 1 saturated carbocycles. The van der Waals surface area contributed by atoms with Gasteiger partial charge in [-0.05, 0) is 108 Å². The van der Waals surface area contributed by atoms with Crippen molar-refractivity contribution in [2.75, 3.05) is 0 Å². The van der Waals surface area contributed by atoms with Crippen molar-refractivity contribution < 1.29 is 74.8 Å². The van der Waals surface area contributed by atoms with E-state index in [9.17, 15) is 55.9 Å². The number of fused-ring (bicyclic) bond motifs is 2. The Labute approximate surface area is 419 Å². The van der Waals surface area contributed by atoms with Gasteiger partial charge in [0.25, 0.3) is 0 Å². The molecule has 0 aromatic heterocycles. The molecule has 3 aliphatic heterocycles. The fourth-order valence-electron chi connectivity index (χ4n) is 12.2. The third-order valence-corrected chi connectivity index (χ3v) is 17.3. The van der Waals surface area contributed by atoms with Crippen LogP contribution in [0.3, 0.4) is 0 Å². The van der Waals surface area contributed by atoms with E-state index in [1.54, 1.807) is 34.6 Å². The maximum absolute atomic E-state index is 14.0. The lowest BCUT2D eigenvalue weighted by Gasteiger charge is -2.56. The summed E-state index contributed by atoms with van der Waals surface area (Å²) < 4.78 is 25.7. The fraction of sp³-hybridized carbons (Fsp3) is 0.873. The van der Waals surface area contributed by atoms with Gasteiger partial charge in [0.15, 0.2) is 6.29 Å². The Kier molecular flexibility index (Phi) is 23.5. The summed E-state index contributed by atoms with van der Waals surface area (Å²) in [7, 11) is 0. The highest BCUT2D eigenvalue weighted by Crippen LogP contribution is 2.53. The Bertz CT molecular complexity index is 1660. The van der Waals surface area contributed by atoms with Gasteiger partial charge in [0.2, 0.25) is 0 Å². The van der Waals surface area contributed by atoms with Crippen LogP contribution in [0.25, 0.3) is 0 Å². The first-order valence-corrected chi connectivity index (χ1v) is 26.9. The average molecular weight is 997 g/mol. The smallest absolute Gasteiger partial charge is 0.330 e. The number of rotatable bonds is 9. The summed E-state index contributed by atoms with van der Waals surface area (Å²) in [6.45, 7) is 20.5. The number of aliphatic hydroxyl groups is 10. The predicted molar refractivity (Wildman–Crippen MR) is 267 cm³/mol. The molecule has 3 fully saturated rings. The maximum Gasteiger partial charge on any atom is 0.330 e. The van der Waals surface area contributed by atoms with Crippen molar-refractivity contribution in [2.24, 2.45) is 53.3 Å². The van der Waals surface area contributed by atoms with Crippen LogP contribution in [0.15, 0.2) is 36.5 Å². The molecule has 15 nitrogen and oxygen atoms in total. The molecule has 4 rings (SSSR count). The molecular formula is C55H96O15. The minimum atomic E-state index is -2.32. The van der Waals surface area contributed by atoms with Gasteiger partial charge in [0, 0.05) is 36.2 Å². The van der Waals surface area contributed by atoms with Gasteiger partial charge < -0.3 is 70.0 Å². The molecule has 10 N–H and O–H groups in total. The number of allylic oxidation sites excluding steroid dienone is 4. The Hall–Kier alpha value is -1.83. The monoisotopic (exact) mass is 997 g/mol. The summed E-state index contributed by atoms with van der Waals surface area (Å²) in [5, 5.41) is 115. The van der Waals surface area contributed by atoms with E-state index in [-0.39, 0.29) is 67.8 Å². The van der Waals surface area contributed by atoms with Crippen molar-refractivity contribution >= 4 is 5.97 Å². The molecule has 25 unspecified atom stereocenters. The minimum Gasteiger partial charge on any atom is -0.458 e. The van der Waals surface area contributed by atoms with Gasteiger partial charge in [0.05, 0.1) is 54.4 Å². The van der Waals surface area contributed by atoms with Crippen molar-refractivity contribution in [3.05, 3.63) is 36.5 Å². The van der Waals surface area contributed by atoms with Crippen molar-refractivity contribution in [3.63, 3.8) is 0 Å². The quantitative estimate of drug-likeness (QED) is 0.132. The SMILES string of the molecule is CCCC1(O)C(O)C(C)C/C=C/C=C/C(CC(C)O)CCC2OC3(CCC(C)C(C(C)C(O)CC)C3)C(C)C(OC(=O)/C=C/C(C)C(O)C(C)C(O)C(OC3CCC(O)C(C)O3)C(O)C(O)C1O)C2C. The number of hydrogen-bond acceptors (Lipinski definition) is 15. The molecule has 4 aliphatic rings. The van der Waals surface area contributed by atoms with Gasteiger partial charge in [-0.1, -0.05) is 99.1 Å². The topological polar surface area (TPSA) is 256 Å². The number of ether oxygens (including phenoxy) is 4. The van der Waals surface area contributed by atoms with Crippen molar-refractivity contribution in [1.82, 2.24) is 0 Å². The Morgan fingerprint density at radius 1 is 0.786 bits per heavy atom. The minimum absolute atomic E-state index is 0.0360. The molecule has 0 radical (unpaired) electrons. The molecule has 3 heterocycles. The molecule has 2 saturated heterocycles. The van der Waals surface area contributed by atoms with E-state index in [1.165, 1.54) is 19.1 Å². The largest absolute Gasteiger partial charge is 0.458 e. The molecule has 0 aromatic carbocycles. The van der Waals surface area contributed by atoms with E-state index < -0.39 is 114 Å². The van der Waals surface area contributed by atoms with Crippen LogP contribution >= 0.6 is 0 Å². The third kappa shape index (κ3) is 14.9. The number of aliphatic hydroxyl groups excluding tert-OH is 9. The zero-order valence-corrected chi connectivity index (χ0v) is 44.2. The summed E-state index contributed by atoms with van der Waals surface area (Å²) in [4.78, 5) is 14.0. The van der Waals surface area contributed by atoms with E-state index in [2.05, 4.69) is 27.7 Å². The molecule has 70 heavy (non-hydrogen) atoms. The van der Waals surface area contributed by atoms with Crippen LogP contribution in [-0.2, 0) is 23.7 Å². The van der Waals surface area contributed by atoms with E-state index in [0.29, 0.717) is 38.0 Å². The van der Waals surface area contributed by atoms with Crippen LogP contribution in [-0.4, -0.2) is 154 Å². The van der Waals surface area contributed by atoms with Crippen molar-refractivity contribution in [1.29, 1.82) is 0 Å². The normalized spacial score (nSPS) is 47.4. The standard InChI is InChI=1S/C55H96O15/c1-12-26-55(66)52(64)32(5)17-15-14-16-18-39(28-33(6)56)20-22-43-35(8)50(37(10)54(70-43)27-25-30(3)40(29-54)34(7)41(57)13-2)68-44(59)23-19-31(4)46(60)36(9)47(61)51(48(62)49(63)53(55)65)69-45-24-21-42(58)38(11)67-45/h14-16,18-19,23,30-43,45-53,56-58,60-66H,12-13,17,20-22,24-29H2,1-11H3/b15-14+,18-16+,23-19+. The second kappa shape index (κ2) is 27.1. The van der Waals surface area contributed by atoms with E-state index in [0.717, 1.165) is 12.8 Å². The number of hydrogen-bond donors (Lipinski definition) is 10. The second-order valence-electron chi connectivity index (χ2n) is 22.6. The number of esters is 1. The molecule has 406 valence electrons. The molecule has 1 aliphatic carbocycles. The number of carbonyl (C=O) groups excluding carboxylic acids is 1. The Morgan fingerprint density at radius 2 is 1.47 bits per heavy atom. The third-order valence-electron chi connectivity index (χ3n) is 17.3. The highest BCUT2D eigenvalue weighted by atomic mass is 16.7. The van der Waals surface area contributed by atoms with Crippen LogP contribution in [0.5, 0.6) is 0 Å². The lowest BCUT2D eigenvalue weighted by molar-refractivity contribution is -0.280. The summed E-state index contributed by atoms with van der Waals surface area (Å²) >= 11 is 0. The van der Waals surface area contributed by atoms with Gasteiger partial charge >= 0.3 is 5.97 Å². The predicted octanol–water partition coefficient (Wildman–Crippen LogP) is 5.27. The molecule has 1 spiro atoms. The molecule has 25 atom stereocenters. The van der Waals surface area contributed by atoms with Gasteiger partial charge in [-0.15, -0.1) is 0 Å². The number of carbonyl (C=O) groups is 1. The van der Waals surface area contributed by atoms with Crippen LogP contribution < -0.4 is 0 Å². The first-order chi connectivity index (χ1) is 32.8. The summed E-state index contributed by atoms with van der Waals surface area (Å²) in [6, 6.07) is 0. The summed E-state index contributed by atoms with van der Waals surface area (Å²) in [6.07, 6.45) is -1.17. The first kappa shape index (κ1) is 60.7. The summed E-state index contributed by atoms with van der Waals surface area (Å²) in [5.74, 6) is -2.98. The van der Waals surface area contributed by atoms with Gasteiger partial charge in [-0.25, -0.2) is 4.79 Å². The average Bonchev–Trinajstić information content (AvgIpc) is 3.33. The van der Waals surface area contributed by atoms with Crippen molar-refractivity contribution in [2.45, 2.75) is 250 Å².